The van der Waals surface area contributed by atoms with Gasteiger partial charge in [-0.1, -0.05) is 82.3 Å². The Morgan fingerprint density at radius 1 is 0.769 bits per heavy atom. The van der Waals surface area contributed by atoms with Crippen molar-refractivity contribution in [3.05, 3.63) is 90.0 Å². The molecule has 1 aliphatic heterocycles. The number of rotatable bonds is 12. The van der Waals surface area contributed by atoms with Crippen LogP contribution in [0.15, 0.2) is 78.9 Å². The van der Waals surface area contributed by atoms with Gasteiger partial charge in [-0.15, -0.1) is 0 Å². The second-order valence-corrected chi connectivity index (χ2v) is 11.3. The molecule has 5 nitrogen and oxygen atoms in total. The average molecular weight is 527 g/mol. The Kier molecular flexibility index (Phi) is 10.4. The van der Waals surface area contributed by atoms with Gasteiger partial charge in [0.15, 0.2) is 0 Å². The highest BCUT2D eigenvalue weighted by Crippen LogP contribution is 2.32. The first kappa shape index (κ1) is 28.7. The van der Waals surface area contributed by atoms with Crippen LogP contribution in [0, 0.1) is 0 Å². The van der Waals surface area contributed by atoms with Crippen molar-refractivity contribution in [3.63, 3.8) is 0 Å². The second-order valence-electron chi connectivity index (χ2n) is 11.3. The van der Waals surface area contributed by atoms with Crippen molar-refractivity contribution in [1.29, 1.82) is 0 Å². The van der Waals surface area contributed by atoms with Crippen LogP contribution in [0.1, 0.15) is 63.5 Å². The van der Waals surface area contributed by atoms with E-state index in [0.29, 0.717) is 24.8 Å². The van der Waals surface area contributed by atoms with Crippen LogP contribution < -0.4 is 15.1 Å². The van der Waals surface area contributed by atoms with Gasteiger partial charge in [-0.25, -0.2) is 0 Å². The Hall–Kier alpha value is -3.31. The third kappa shape index (κ3) is 8.09. The van der Waals surface area contributed by atoms with Crippen molar-refractivity contribution in [3.8, 4) is 0 Å². The zero-order valence-electron chi connectivity index (χ0n) is 24.3. The zero-order valence-corrected chi connectivity index (χ0v) is 24.3. The minimum absolute atomic E-state index is 0.0861. The summed E-state index contributed by atoms with van der Waals surface area (Å²) in [6, 6.07) is 27.6. The van der Waals surface area contributed by atoms with Gasteiger partial charge in [-0.2, -0.15) is 0 Å². The number of amides is 1. The van der Waals surface area contributed by atoms with Crippen LogP contribution >= 0.6 is 0 Å². The monoisotopic (exact) mass is 526 g/mol. The lowest BCUT2D eigenvalue weighted by molar-refractivity contribution is -0.116. The van der Waals surface area contributed by atoms with E-state index in [1.807, 2.05) is 0 Å². The van der Waals surface area contributed by atoms with E-state index in [9.17, 15) is 4.79 Å². The van der Waals surface area contributed by atoms with Gasteiger partial charge >= 0.3 is 0 Å². The molecule has 0 bridgehead atoms. The van der Waals surface area contributed by atoms with Crippen molar-refractivity contribution in [1.82, 2.24) is 4.90 Å². The summed E-state index contributed by atoms with van der Waals surface area (Å²) in [6.07, 6.45) is 1.55. The first-order chi connectivity index (χ1) is 18.9. The van der Waals surface area contributed by atoms with Crippen molar-refractivity contribution in [2.24, 2.45) is 0 Å². The lowest BCUT2D eigenvalue weighted by atomic mass is 9.92. The Labute approximate surface area is 235 Å². The number of hydrogen-bond acceptors (Lipinski definition) is 4. The topological polar surface area (TPSA) is 38.8 Å². The van der Waals surface area contributed by atoms with Crippen LogP contribution in [-0.4, -0.2) is 56.6 Å². The maximum absolute atomic E-state index is 13.2. The summed E-state index contributed by atoms with van der Waals surface area (Å²) in [4.78, 5) is 20.6. The number of piperazine rings is 1. The lowest BCUT2D eigenvalue weighted by Gasteiger charge is -2.36. The zero-order chi connectivity index (χ0) is 27.6. The predicted molar refractivity (Wildman–Crippen MR) is 166 cm³/mol. The fraction of sp³-hybridized carbons (Fsp3) is 0.441. The summed E-state index contributed by atoms with van der Waals surface area (Å²) in [5, 5.41) is 3.30. The second kappa shape index (κ2) is 14.2. The maximum atomic E-state index is 13.2. The number of nitrogens with zero attached hydrogens (tertiary/aromatic N) is 3. The highest BCUT2D eigenvalue weighted by molar-refractivity contribution is 5.93. The van der Waals surface area contributed by atoms with Crippen molar-refractivity contribution in [2.75, 3.05) is 60.9 Å². The molecule has 1 aliphatic rings. The fourth-order valence-electron chi connectivity index (χ4n) is 5.50. The molecule has 3 aromatic carbocycles. The molecule has 1 amide bonds. The summed E-state index contributed by atoms with van der Waals surface area (Å²) in [7, 11) is 0. The molecule has 0 saturated carbocycles. The number of carbonyl (C=O) groups excluding carboxylic acids is 1. The van der Waals surface area contributed by atoms with Gasteiger partial charge < -0.3 is 15.1 Å². The number of benzene rings is 3. The molecule has 1 N–H and O–H groups in total. The molecular formula is C34H46N4O. The molecule has 0 atom stereocenters. The van der Waals surface area contributed by atoms with E-state index in [-0.39, 0.29) is 5.91 Å². The molecule has 3 aromatic rings. The minimum atomic E-state index is 0.0861. The third-order valence-electron chi connectivity index (χ3n) is 7.76. The summed E-state index contributed by atoms with van der Waals surface area (Å²) >= 11 is 0. The van der Waals surface area contributed by atoms with Gasteiger partial charge in [-0.3, -0.25) is 9.69 Å². The largest absolute Gasteiger partial charge is 0.371 e. The number of anilines is 3. The van der Waals surface area contributed by atoms with Crippen LogP contribution in [-0.2, 0) is 4.79 Å². The van der Waals surface area contributed by atoms with Crippen LogP contribution in [0.3, 0.4) is 0 Å². The van der Waals surface area contributed by atoms with Gasteiger partial charge in [0.05, 0.1) is 0 Å². The van der Waals surface area contributed by atoms with Gasteiger partial charge in [0, 0.05) is 62.8 Å². The smallest absolute Gasteiger partial charge is 0.226 e. The summed E-state index contributed by atoms with van der Waals surface area (Å²) in [5.41, 5.74) is 5.93. The Morgan fingerprint density at radius 2 is 1.36 bits per heavy atom. The first-order valence-electron chi connectivity index (χ1n) is 14.7. The van der Waals surface area contributed by atoms with Crippen LogP contribution in [0.5, 0.6) is 0 Å². The first-order valence-corrected chi connectivity index (χ1v) is 14.7. The molecule has 0 radical (unpaired) electrons. The van der Waals surface area contributed by atoms with Crippen LogP contribution in [0.2, 0.25) is 0 Å². The van der Waals surface area contributed by atoms with Crippen LogP contribution in [0.4, 0.5) is 17.1 Å². The van der Waals surface area contributed by atoms with Gasteiger partial charge in [0.25, 0.3) is 0 Å². The molecule has 0 spiro atoms. The van der Waals surface area contributed by atoms with Crippen molar-refractivity contribution in [2.45, 2.75) is 52.4 Å². The van der Waals surface area contributed by atoms with E-state index in [1.54, 1.807) is 0 Å². The normalized spacial score (nSPS) is 14.2. The predicted octanol–water partition coefficient (Wildman–Crippen LogP) is 6.98. The van der Waals surface area contributed by atoms with E-state index in [4.69, 9.17) is 0 Å². The Balaban J connectivity index is 1.31. The fourth-order valence-corrected chi connectivity index (χ4v) is 5.50. The molecule has 39 heavy (non-hydrogen) atoms. The molecular weight excluding hydrogens is 480 g/mol. The number of hydrogen-bond donors (Lipinski definition) is 1. The van der Waals surface area contributed by atoms with E-state index < -0.39 is 0 Å². The molecule has 1 heterocycles. The van der Waals surface area contributed by atoms with E-state index in [2.05, 4.69) is 127 Å². The quantitative estimate of drug-likeness (QED) is 0.276. The lowest BCUT2D eigenvalue weighted by Crippen LogP contribution is -2.47. The Bertz CT molecular complexity index is 1130. The van der Waals surface area contributed by atoms with E-state index >= 15 is 0 Å². The van der Waals surface area contributed by atoms with Gasteiger partial charge in [-0.05, 0) is 60.2 Å². The highest BCUT2D eigenvalue weighted by atomic mass is 16.1. The molecule has 208 valence electrons. The molecule has 0 aliphatic carbocycles. The van der Waals surface area contributed by atoms with E-state index in [0.717, 1.165) is 51.4 Å². The average Bonchev–Trinajstić information content (AvgIpc) is 2.96. The number of para-hydroxylation sites is 3. The number of nitrogens with one attached hydrogen (secondary N) is 1. The molecule has 1 fully saturated rings. The SMILES string of the molecule is CC(C)c1cccc(C(C)C)c1NC(=O)CCN(CCCN1CCN(c2ccccc2)CC1)c1ccccc1. The van der Waals surface area contributed by atoms with Crippen LogP contribution in [0.25, 0.3) is 0 Å². The molecule has 1 saturated heterocycles. The number of carbonyl (C=O) groups is 1. The minimum Gasteiger partial charge on any atom is -0.371 e. The molecule has 0 unspecified atom stereocenters. The summed E-state index contributed by atoms with van der Waals surface area (Å²) in [6.45, 7) is 15.8. The summed E-state index contributed by atoms with van der Waals surface area (Å²) < 4.78 is 0. The molecule has 4 rings (SSSR count). The molecule has 5 heteroatoms. The van der Waals surface area contributed by atoms with Crippen molar-refractivity contribution >= 4 is 23.0 Å². The standard InChI is InChI=1S/C34H46N4O/c1-27(2)31-17-11-18-32(28(3)4)34(31)35-33(39)19-22-37(29-13-7-5-8-14-29)21-12-20-36-23-25-38(26-24-36)30-15-9-6-10-16-30/h5-11,13-18,27-28H,12,19-26H2,1-4H3,(H,35,39). The Morgan fingerprint density at radius 3 is 1.95 bits per heavy atom. The maximum Gasteiger partial charge on any atom is 0.226 e. The van der Waals surface area contributed by atoms with Gasteiger partial charge in [0.1, 0.15) is 0 Å². The summed E-state index contributed by atoms with van der Waals surface area (Å²) in [5.74, 6) is 0.798. The van der Waals surface area contributed by atoms with Crippen molar-refractivity contribution < 1.29 is 4.79 Å². The van der Waals surface area contributed by atoms with E-state index in [1.165, 1.54) is 22.5 Å². The third-order valence-corrected chi connectivity index (χ3v) is 7.76. The van der Waals surface area contributed by atoms with Gasteiger partial charge in [0.2, 0.25) is 5.91 Å². The highest BCUT2D eigenvalue weighted by Gasteiger charge is 2.19. The molecule has 0 aromatic heterocycles.